The molecule has 0 bridgehead atoms. The van der Waals surface area contributed by atoms with Gasteiger partial charge < -0.3 is 5.32 Å². The van der Waals surface area contributed by atoms with Crippen LogP contribution in [-0.4, -0.2) is 51.6 Å². The highest BCUT2D eigenvalue weighted by Crippen LogP contribution is 2.30. The summed E-state index contributed by atoms with van der Waals surface area (Å²) >= 11 is 0. The minimum absolute atomic E-state index is 0.00395. The molecule has 2 rings (SSSR count). The van der Waals surface area contributed by atoms with Gasteiger partial charge in [0.25, 0.3) is 5.69 Å². The van der Waals surface area contributed by atoms with Crippen molar-refractivity contribution in [1.82, 2.24) is 9.80 Å². The van der Waals surface area contributed by atoms with E-state index in [0.717, 1.165) is 10.5 Å². The van der Waals surface area contributed by atoms with Crippen molar-refractivity contribution in [3.05, 3.63) is 33.4 Å². The number of urea groups is 1. The van der Waals surface area contributed by atoms with E-state index in [-0.39, 0.29) is 17.9 Å². The van der Waals surface area contributed by atoms with Gasteiger partial charge in [-0.15, -0.1) is 0 Å². The number of nitro groups is 1. The second-order valence-corrected chi connectivity index (χ2v) is 5.43. The van der Waals surface area contributed by atoms with Crippen molar-refractivity contribution < 1.29 is 24.1 Å². The first-order chi connectivity index (χ1) is 11.7. The zero-order valence-electron chi connectivity index (χ0n) is 13.9. The summed E-state index contributed by atoms with van der Waals surface area (Å²) in [4.78, 5) is 59.3. The molecule has 1 saturated heterocycles. The molecule has 25 heavy (non-hydrogen) atoms. The van der Waals surface area contributed by atoms with Gasteiger partial charge in [0, 0.05) is 12.6 Å². The Bertz CT molecular complexity index is 803. The lowest BCUT2D eigenvalue weighted by molar-refractivity contribution is -0.384. The number of benzene rings is 1. The number of carbonyl (C=O) groups excluding carboxylic acids is 4. The number of nitro benzene ring substituents is 1. The van der Waals surface area contributed by atoms with Crippen LogP contribution in [0.2, 0.25) is 0 Å². The Balaban J connectivity index is 2.23. The van der Waals surface area contributed by atoms with E-state index in [9.17, 15) is 29.3 Å². The van der Waals surface area contributed by atoms with Gasteiger partial charge in [-0.25, -0.2) is 9.69 Å². The maximum Gasteiger partial charge on any atom is 0.334 e. The van der Waals surface area contributed by atoms with Crippen LogP contribution in [0.15, 0.2) is 12.1 Å². The molecule has 0 atom stereocenters. The molecule has 0 unspecified atom stereocenters. The van der Waals surface area contributed by atoms with Crippen molar-refractivity contribution in [3.63, 3.8) is 0 Å². The molecule has 1 aliphatic heterocycles. The standard InChI is InChI=1S/C15H16N4O6/c1-4-17-13(21)14(22)18(15(17)23)7-11(20)16-12-9(3)8(2)5-6-10(12)19(24)25/h5-6H,4,7H2,1-3H3,(H,16,20). The van der Waals surface area contributed by atoms with E-state index < -0.39 is 35.2 Å². The lowest BCUT2D eigenvalue weighted by Crippen LogP contribution is -2.39. The molecule has 1 heterocycles. The molecule has 10 heteroatoms. The van der Waals surface area contributed by atoms with E-state index in [2.05, 4.69) is 5.32 Å². The predicted molar refractivity (Wildman–Crippen MR) is 85.7 cm³/mol. The number of nitrogens with zero attached hydrogens (tertiary/aromatic N) is 3. The molecule has 0 aliphatic carbocycles. The number of likely N-dealkylation sites (N-methyl/N-ethyl adjacent to an activating group) is 1. The number of aryl methyl sites for hydroxylation is 1. The topological polar surface area (TPSA) is 130 Å². The molecule has 1 aromatic carbocycles. The largest absolute Gasteiger partial charge is 0.334 e. The fraction of sp³-hybridized carbons (Fsp3) is 0.333. The van der Waals surface area contributed by atoms with Crippen LogP contribution in [0.3, 0.4) is 0 Å². The first-order valence-corrected chi connectivity index (χ1v) is 7.40. The van der Waals surface area contributed by atoms with Crippen molar-refractivity contribution in [1.29, 1.82) is 0 Å². The third kappa shape index (κ3) is 3.18. The molecular weight excluding hydrogens is 332 g/mol. The van der Waals surface area contributed by atoms with Crippen molar-refractivity contribution in [2.24, 2.45) is 0 Å². The molecule has 0 spiro atoms. The lowest BCUT2D eigenvalue weighted by atomic mass is 10.1. The van der Waals surface area contributed by atoms with Crippen LogP contribution in [0.25, 0.3) is 0 Å². The van der Waals surface area contributed by atoms with Crippen molar-refractivity contribution in [3.8, 4) is 0 Å². The molecular formula is C15H16N4O6. The summed E-state index contributed by atoms with van der Waals surface area (Å²) in [5, 5.41) is 13.5. The molecule has 1 aliphatic rings. The van der Waals surface area contributed by atoms with Gasteiger partial charge in [0.05, 0.1) is 4.92 Å². The van der Waals surface area contributed by atoms with E-state index in [1.54, 1.807) is 19.9 Å². The molecule has 1 aromatic rings. The second kappa shape index (κ2) is 6.67. The number of anilines is 1. The molecule has 0 aromatic heterocycles. The fourth-order valence-electron chi connectivity index (χ4n) is 2.40. The first-order valence-electron chi connectivity index (χ1n) is 7.40. The molecule has 1 fully saturated rings. The number of nitrogens with one attached hydrogen (secondary N) is 1. The Kier molecular flexibility index (Phi) is 4.82. The Morgan fingerprint density at radius 3 is 2.28 bits per heavy atom. The summed E-state index contributed by atoms with van der Waals surface area (Å²) in [7, 11) is 0. The summed E-state index contributed by atoms with van der Waals surface area (Å²) in [5.74, 6) is -2.92. The third-order valence-electron chi connectivity index (χ3n) is 3.93. The van der Waals surface area contributed by atoms with Crippen molar-refractivity contribution in [2.75, 3.05) is 18.4 Å². The zero-order valence-corrected chi connectivity index (χ0v) is 13.9. The predicted octanol–water partition coefficient (Wildman–Crippen LogP) is 0.961. The van der Waals surface area contributed by atoms with Crippen LogP contribution >= 0.6 is 0 Å². The Morgan fingerprint density at radius 2 is 1.76 bits per heavy atom. The van der Waals surface area contributed by atoms with Crippen LogP contribution < -0.4 is 5.32 Å². The SMILES string of the molecule is CCN1C(=O)C(=O)N(CC(=O)Nc2c([N+](=O)[O-])ccc(C)c2C)C1=O. The van der Waals surface area contributed by atoms with E-state index in [1.807, 2.05) is 0 Å². The highest BCUT2D eigenvalue weighted by Gasteiger charge is 2.44. The van der Waals surface area contributed by atoms with Crippen molar-refractivity contribution in [2.45, 2.75) is 20.8 Å². The van der Waals surface area contributed by atoms with Gasteiger partial charge in [-0.1, -0.05) is 6.07 Å². The van der Waals surface area contributed by atoms with Gasteiger partial charge in [0.1, 0.15) is 12.2 Å². The molecule has 132 valence electrons. The van der Waals surface area contributed by atoms with Crippen LogP contribution in [0.5, 0.6) is 0 Å². The maximum atomic E-state index is 12.2. The second-order valence-electron chi connectivity index (χ2n) is 5.43. The molecule has 0 radical (unpaired) electrons. The lowest BCUT2D eigenvalue weighted by Gasteiger charge is -2.15. The maximum absolute atomic E-state index is 12.2. The molecule has 10 nitrogen and oxygen atoms in total. The summed E-state index contributed by atoms with van der Waals surface area (Å²) < 4.78 is 0. The van der Waals surface area contributed by atoms with Gasteiger partial charge in [0.2, 0.25) is 5.91 Å². The highest BCUT2D eigenvalue weighted by atomic mass is 16.6. The average Bonchev–Trinajstić information content (AvgIpc) is 2.75. The van der Waals surface area contributed by atoms with Crippen LogP contribution in [0.4, 0.5) is 16.2 Å². The number of hydrogen-bond acceptors (Lipinski definition) is 6. The van der Waals surface area contributed by atoms with Crippen molar-refractivity contribution >= 4 is 35.1 Å². The summed E-state index contributed by atoms with van der Waals surface area (Å²) in [5.41, 5.74) is 0.906. The monoisotopic (exact) mass is 348 g/mol. The van der Waals surface area contributed by atoms with Gasteiger partial charge in [-0.3, -0.25) is 29.4 Å². The minimum Gasteiger partial charge on any atom is -0.319 e. The van der Waals surface area contributed by atoms with E-state index in [0.29, 0.717) is 10.5 Å². The van der Waals surface area contributed by atoms with Crippen LogP contribution in [-0.2, 0) is 14.4 Å². The average molecular weight is 348 g/mol. The number of amides is 5. The van der Waals surface area contributed by atoms with Gasteiger partial charge in [0.15, 0.2) is 0 Å². The summed E-state index contributed by atoms with van der Waals surface area (Å²) in [6, 6.07) is 1.92. The third-order valence-corrected chi connectivity index (χ3v) is 3.93. The first kappa shape index (κ1) is 18.0. The van der Waals surface area contributed by atoms with Gasteiger partial charge in [-0.2, -0.15) is 0 Å². The summed E-state index contributed by atoms with van der Waals surface area (Å²) in [6.07, 6.45) is 0. The Morgan fingerprint density at radius 1 is 1.16 bits per heavy atom. The fourth-order valence-corrected chi connectivity index (χ4v) is 2.40. The summed E-state index contributed by atoms with van der Waals surface area (Å²) in [6.45, 7) is 4.15. The molecule has 1 N–H and O–H groups in total. The van der Waals surface area contributed by atoms with Gasteiger partial charge in [-0.05, 0) is 31.9 Å². The highest BCUT2D eigenvalue weighted by molar-refractivity contribution is 6.45. The number of rotatable bonds is 5. The van der Waals surface area contributed by atoms with Crippen LogP contribution in [0, 0.1) is 24.0 Å². The number of carbonyl (C=O) groups is 4. The number of imide groups is 2. The Hall–Kier alpha value is -3.30. The van der Waals surface area contributed by atoms with E-state index in [4.69, 9.17) is 0 Å². The van der Waals surface area contributed by atoms with E-state index >= 15 is 0 Å². The van der Waals surface area contributed by atoms with Gasteiger partial charge >= 0.3 is 17.8 Å². The van der Waals surface area contributed by atoms with Crippen LogP contribution in [0.1, 0.15) is 18.1 Å². The molecule has 5 amide bonds. The quantitative estimate of drug-likeness (QED) is 0.365. The van der Waals surface area contributed by atoms with E-state index in [1.165, 1.54) is 13.0 Å². The normalized spacial score (nSPS) is 14.3. The smallest absolute Gasteiger partial charge is 0.319 e. The zero-order chi connectivity index (χ0) is 18.9. The minimum atomic E-state index is -1.10. The number of hydrogen-bond donors (Lipinski definition) is 1. The Labute approximate surface area is 142 Å². The molecule has 0 saturated carbocycles.